The van der Waals surface area contributed by atoms with Crippen molar-refractivity contribution in [1.29, 1.82) is 0 Å². The molecule has 1 heterocycles. The minimum absolute atomic E-state index is 0.237. The van der Waals surface area contributed by atoms with E-state index in [0.29, 0.717) is 6.54 Å². The van der Waals surface area contributed by atoms with Crippen LogP contribution in [0.2, 0.25) is 0 Å². The van der Waals surface area contributed by atoms with Crippen LogP contribution in [0.25, 0.3) is 0 Å². The molecule has 1 saturated carbocycles. The third-order valence-electron chi connectivity index (χ3n) is 3.40. The summed E-state index contributed by atoms with van der Waals surface area (Å²) < 4.78 is 5.42. The maximum absolute atomic E-state index is 5.80. The third kappa shape index (κ3) is 2.41. The van der Waals surface area contributed by atoms with Gasteiger partial charge in [-0.05, 0) is 37.9 Å². The van der Waals surface area contributed by atoms with Crippen molar-refractivity contribution in [2.45, 2.75) is 25.3 Å². The van der Waals surface area contributed by atoms with E-state index >= 15 is 0 Å². The van der Waals surface area contributed by atoms with Gasteiger partial charge in [0.1, 0.15) is 5.76 Å². The van der Waals surface area contributed by atoms with Crippen molar-refractivity contribution in [1.82, 2.24) is 4.90 Å². The molecule has 3 nitrogen and oxygen atoms in total. The average molecular weight is 208 g/mol. The summed E-state index contributed by atoms with van der Waals surface area (Å²) in [4.78, 5) is 2.32. The number of nitrogens with two attached hydrogens (primary N) is 1. The number of rotatable bonds is 5. The Labute approximate surface area is 91.2 Å². The standard InChI is InChI=1S/C12H20N2O/c1-14(9-10-4-2-5-10)11(8-13)12-6-3-7-15-12/h3,6-7,10-11H,2,4-5,8-9,13H2,1H3. The van der Waals surface area contributed by atoms with Crippen LogP contribution in [0.15, 0.2) is 22.8 Å². The molecule has 1 fully saturated rings. The molecule has 3 heteroatoms. The fourth-order valence-electron chi connectivity index (χ4n) is 2.20. The zero-order valence-electron chi connectivity index (χ0n) is 9.36. The number of hydrogen-bond acceptors (Lipinski definition) is 3. The van der Waals surface area contributed by atoms with Crippen LogP contribution in [0, 0.1) is 5.92 Å². The van der Waals surface area contributed by atoms with Crippen LogP contribution in [0.1, 0.15) is 31.1 Å². The molecule has 0 aromatic carbocycles. The van der Waals surface area contributed by atoms with Gasteiger partial charge in [0.05, 0.1) is 12.3 Å². The van der Waals surface area contributed by atoms with Gasteiger partial charge in [-0.2, -0.15) is 0 Å². The van der Waals surface area contributed by atoms with Gasteiger partial charge in [0.15, 0.2) is 0 Å². The summed E-state index contributed by atoms with van der Waals surface area (Å²) >= 11 is 0. The molecule has 0 radical (unpaired) electrons. The van der Waals surface area contributed by atoms with Crippen molar-refractivity contribution in [3.8, 4) is 0 Å². The predicted molar refractivity (Wildman–Crippen MR) is 60.5 cm³/mol. The maximum Gasteiger partial charge on any atom is 0.122 e. The molecule has 1 unspecified atom stereocenters. The largest absolute Gasteiger partial charge is 0.468 e. The van der Waals surface area contributed by atoms with E-state index in [1.165, 1.54) is 19.3 Å². The first-order valence-electron chi connectivity index (χ1n) is 5.75. The summed E-state index contributed by atoms with van der Waals surface area (Å²) in [6.07, 6.45) is 5.86. The molecule has 1 aromatic heterocycles. The van der Waals surface area contributed by atoms with Crippen LogP contribution in [0.3, 0.4) is 0 Å². The molecule has 0 amide bonds. The Hall–Kier alpha value is -0.800. The van der Waals surface area contributed by atoms with E-state index in [9.17, 15) is 0 Å². The van der Waals surface area contributed by atoms with Crippen LogP contribution < -0.4 is 5.73 Å². The predicted octanol–water partition coefficient (Wildman–Crippen LogP) is 2.01. The van der Waals surface area contributed by atoms with E-state index in [1.54, 1.807) is 6.26 Å². The molecule has 84 valence electrons. The van der Waals surface area contributed by atoms with E-state index in [-0.39, 0.29) is 6.04 Å². The molecular formula is C12H20N2O. The van der Waals surface area contributed by atoms with Crippen LogP contribution in [-0.4, -0.2) is 25.0 Å². The van der Waals surface area contributed by atoms with Crippen molar-refractivity contribution in [2.75, 3.05) is 20.1 Å². The second kappa shape index (κ2) is 4.81. The molecule has 1 aliphatic rings. The number of furan rings is 1. The third-order valence-corrected chi connectivity index (χ3v) is 3.40. The normalized spacial score (nSPS) is 19.1. The van der Waals surface area contributed by atoms with Gasteiger partial charge in [0.2, 0.25) is 0 Å². The highest BCUT2D eigenvalue weighted by atomic mass is 16.3. The van der Waals surface area contributed by atoms with E-state index < -0.39 is 0 Å². The minimum atomic E-state index is 0.237. The zero-order valence-corrected chi connectivity index (χ0v) is 9.36. The first kappa shape index (κ1) is 10.7. The fourth-order valence-corrected chi connectivity index (χ4v) is 2.20. The van der Waals surface area contributed by atoms with Gasteiger partial charge in [0, 0.05) is 13.1 Å². The summed E-state index contributed by atoms with van der Waals surface area (Å²) in [5.41, 5.74) is 5.80. The molecule has 15 heavy (non-hydrogen) atoms. The second-order valence-electron chi connectivity index (χ2n) is 4.50. The van der Waals surface area contributed by atoms with E-state index in [0.717, 1.165) is 18.2 Å². The summed E-state index contributed by atoms with van der Waals surface area (Å²) in [5, 5.41) is 0. The Balaban J connectivity index is 1.93. The lowest BCUT2D eigenvalue weighted by atomic mass is 9.85. The van der Waals surface area contributed by atoms with Crippen LogP contribution in [0.5, 0.6) is 0 Å². The summed E-state index contributed by atoms with van der Waals surface area (Å²) in [6, 6.07) is 4.17. The molecule has 2 N–H and O–H groups in total. The zero-order chi connectivity index (χ0) is 10.7. The molecule has 1 aliphatic carbocycles. The topological polar surface area (TPSA) is 42.4 Å². The second-order valence-corrected chi connectivity index (χ2v) is 4.50. The maximum atomic E-state index is 5.80. The molecule has 0 saturated heterocycles. The molecule has 1 atom stereocenters. The first-order chi connectivity index (χ1) is 7.31. The Kier molecular flexibility index (Phi) is 3.44. The van der Waals surface area contributed by atoms with Gasteiger partial charge in [-0.1, -0.05) is 6.42 Å². The Morgan fingerprint density at radius 3 is 2.87 bits per heavy atom. The van der Waals surface area contributed by atoms with Gasteiger partial charge < -0.3 is 10.2 Å². The molecule has 2 rings (SSSR count). The molecule has 0 aliphatic heterocycles. The lowest BCUT2D eigenvalue weighted by molar-refractivity contribution is 0.151. The Morgan fingerprint density at radius 1 is 1.60 bits per heavy atom. The van der Waals surface area contributed by atoms with E-state index in [2.05, 4.69) is 11.9 Å². The molecular weight excluding hydrogens is 188 g/mol. The van der Waals surface area contributed by atoms with Crippen molar-refractivity contribution in [3.05, 3.63) is 24.2 Å². The van der Waals surface area contributed by atoms with Crippen LogP contribution >= 0.6 is 0 Å². The first-order valence-corrected chi connectivity index (χ1v) is 5.75. The monoisotopic (exact) mass is 208 g/mol. The number of likely N-dealkylation sites (N-methyl/N-ethyl adjacent to an activating group) is 1. The van der Waals surface area contributed by atoms with E-state index in [1.807, 2.05) is 12.1 Å². The Bertz CT molecular complexity index is 280. The van der Waals surface area contributed by atoms with Gasteiger partial charge in [0.25, 0.3) is 0 Å². The molecule has 0 bridgehead atoms. The van der Waals surface area contributed by atoms with Gasteiger partial charge in [-0.3, -0.25) is 4.90 Å². The number of hydrogen-bond donors (Lipinski definition) is 1. The highest BCUT2D eigenvalue weighted by Crippen LogP contribution is 2.29. The molecule has 0 spiro atoms. The average Bonchev–Trinajstić information content (AvgIpc) is 2.66. The lowest BCUT2D eigenvalue weighted by Gasteiger charge is -2.33. The van der Waals surface area contributed by atoms with Gasteiger partial charge in [-0.15, -0.1) is 0 Å². The smallest absolute Gasteiger partial charge is 0.122 e. The summed E-state index contributed by atoms with van der Waals surface area (Å²) in [6.45, 7) is 1.76. The van der Waals surface area contributed by atoms with Crippen molar-refractivity contribution in [3.63, 3.8) is 0 Å². The van der Waals surface area contributed by atoms with Crippen LogP contribution in [-0.2, 0) is 0 Å². The van der Waals surface area contributed by atoms with Gasteiger partial charge >= 0.3 is 0 Å². The van der Waals surface area contributed by atoms with E-state index in [4.69, 9.17) is 10.2 Å². The summed E-state index contributed by atoms with van der Waals surface area (Å²) in [7, 11) is 2.14. The van der Waals surface area contributed by atoms with Crippen molar-refractivity contribution in [2.24, 2.45) is 11.7 Å². The quantitative estimate of drug-likeness (QED) is 0.805. The van der Waals surface area contributed by atoms with Crippen molar-refractivity contribution < 1.29 is 4.42 Å². The lowest BCUT2D eigenvalue weighted by Crippen LogP contribution is -2.35. The van der Waals surface area contributed by atoms with Crippen molar-refractivity contribution >= 4 is 0 Å². The minimum Gasteiger partial charge on any atom is -0.468 e. The Morgan fingerprint density at radius 2 is 2.40 bits per heavy atom. The summed E-state index contributed by atoms with van der Waals surface area (Å²) in [5.74, 6) is 1.86. The van der Waals surface area contributed by atoms with Crippen LogP contribution in [0.4, 0.5) is 0 Å². The fraction of sp³-hybridized carbons (Fsp3) is 0.667. The van der Waals surface area contributed by atoms with Gasteiger partial charge in [-0.25, -0.2) is 0 Å². The molecule has 1 aromatic rings. The SMILES string of the molecule is CN(CC1CCC1)C(CN)c1ccco1. The highest BCUT2D eigenvalue weighted by Gasteiger charge is 2.24. The number of nitrogens with zero attached hydrogens (tertiary/aromatic N) is 1. The highest BCUT2D eigenvalue weighted by molar-refractivity contribution is 5.05.